The molecule has 1 rings (SSSR count). The van der Waals surface area contributed by atoms with Crippen LogP contribution in [-0.4, -0.2) is 47.5 Å². The van der Waals surface area contributed by atoms with Gasteiger partial charge in [-0.25, -0.2) is 4.79 Å². The van der Waals surface area contributed by atoms with Gasteiger partial charge in [-0.05, 0) is 18.4 Å². The number of carbonyl (C=O) groups excluding carboxylic acids is 2. The Morgan fingerprint density at radius 1 is 0.800 bits per heavy atom. The molecule has 165 valence electrons. The fourth-order valence-electron chi connectivity index (χ4n) is 3.48. The van der Waals surface area contributed by atoms with E-state index in [9.17, 15) is 9.59 Å². The van der Waals surface area contributed by atoms with Crippen molar-refractivity contribution in [3.8, 4) is 0 Å². The number of carbonyl (C=O) groups is 2. The summed E-state index contributed by atoms with van der Waals surface area (Å²) in [5, 5.41) is 0. The normalized spacial score (nSPS) is 11.5. The predicted octanol–water partition coefficient (Wildman–Crippen LogP) is 5.73. The van der Waals surface area contributed by atoms with Gasteiger partial charge in [0.25, 0.3) is 0 Å². The quantitative estimate of drug-likeness (QED) is 0.150. The maximum Gasteiger partial charge on any atom is 0.330 e. The van der Waals surface area contributed by atoms with Crippen molar-refractivity contribution in [2.45, 2.75) is 109 Å². The Balaban J connectivity index is 0.00000841. The molecule has 0 aliphatic carbocycles. The molecule has 0 aromatic heterocycles. The first-order valence-electron chi connectivity index (χ1n) is 11.7. The molecule has 0 aliphatic rings. The largest absolute Gasteiger partial charge is 0.392 e. The fourth-order valence-corrected chi connectivity index (χ4v) is 3.48. The van der Waals surface area contributed by atoms with E-state index in [1.54, 1.807) is 0 Å². The van der Waals surface area contributed by atoms with Crippen molar-refractivity contribution >= 4 is 41.5 Å². The summed E-state index contributed by atoms with van der Waals surface area (Å²) in [6, 6.07) is 8.71. The van der Waals surface area contributed by atoms with Crippen LogP contribution in [0.5, 0.6) is 0 Å². The molecule has 0 saturated heterocycles. The van der Waals surface area contributed by atoms with Crippen LogP contribution in [0.1, 0.15) is 102 Å². The summed E-state index contributed by atoms with van der Waals surface area (Å²) >= 11 is 0. The first-order valence-corrected chi connectivity index (χ1v) is 11.7. The summed E-state index contributed by atoms with van der Waals surface area (Å²) in [6.45, 7) is 2.26. The van der Waals surface area contributed by atoms with Crippen molar-refractivity contribution in [1.82, 2.24) is 0 Å². The number of benzene rings is 1. The van der Waals surface area contributed by atoms with E-state index < -0.39 is 18.0 Å². The van der Waals surface area contributed by atoms with Gasteiger partial charge in [-0.1, -0.05) is 114 Å². The summed E-state index contributed by atoms with van der Waals surface area (Å²) in [4.78, 5) is 23.7. The number of rotatable bonds is 17. The first kappa shape index (κ1) is 29.3. The van der Waals surface area contributed by atoms with Gasteiger partial charge in [0.1, 0.15) is 6.04 Å². The van der Waals surface area contributed by atoms with E-state index in [0.29, 0.717) is 12.8 Å². The molecule has 0 unspecified atom stereocenters. The molecule has 5 heteroatoms. The van der Waals surface area contributed by atoms with Crippen LogP contribution in [0.4, 0.5) is 0 Å². The zero-order valence-electron chi connectivity index (χ0n) is 19.4. The van der Waals surface area contributed by atoms with E-state index >= 15 is 0 Å². The van der Waals surface area contributed by atoms with Gasteiger partial charge in [0.05, 0.1) is 0 Å². The molecule has 1 atom stereocenters. The van der Waals surface area contributed by atoms with Crippen LogP contribution in [0.2, 0.25) is 0 Å². The molecule has 1 aromatic rings. The van der Waals surface area contributed by atoms with Crippen molar-refractivity contribution in [1.29, 1.82) is 0 Å². The minimum atomic E-state index is -0.798. The van der Waals surface area contributed by atoms with Crippen LogP contribution < -0.4 is 5.73 Å². The maximum atomic E-state index is 11.9. The summed E-state index contributed by atoms with van der Waals surface area (Å²) in [5.74, 6) is -1.09. The minimum Gasteiger partial charge on any atom is -0.392 e. The second-order valence-corrected chi connectivity index (χ2v) is 8.08. The zero-order valence-corrected chi connectivity index (χ0v) is 21.4. The van der Waals surface area contributed by atoms with Gasteiger partial charge < -0.3 is 10.5 Å². The Hall–Kier alpha value is -0.680. The second kappa shape index (κ2) is 20.2. The molecule has 0 spiro atoms. The summed E-state index contributed by atoms with van der Waals surface area (Å²) < 4.78 is 4.89. The summed E-state index contributed by atoms with van der Waals surface area (Å²) in [6.07, 6.45) is 17.0. The molecule has 2 N–H and O–H groups in total. The van der Waals surface area contributed by atoms with Gasteiger partial charge in [-0.15, -0.1) is 0 Å². The molecule has 0 saturated carbocycles. The van der Waals surface area contributed by atoms with E-state index in [1.165, 1.54) is 64.2 Å². The Labute approximate surface area is 206 Å². The Bertz CT molecular complexity index is 551. The monoisotopic (exact) mass is 426 g/mol. The number of esters is 2. The zero-order chi connectivity index (χ0) is 21.2. The second-order valence-electron chi connectivity index (χ2n) is 8.08. The molecule has 1 aromatic carbocycles. The number of nitrogens with two attached hydrogens (primary N) is 1. The standard InChI is InChI=1S/C25H41NO3.Na/c1-2-3-4-5-6-7-8-9-10-11-12-13-17-20-24(27)29-25(28)23(26)21-22-18-15-14-16-19-22;/h14-16,18-19,23H,2-13,17,20-21,26H2,1H3;/t23-;/m0./s1. The van der Waals surface area contributed by atoms with Crippen molar-refractivity contribution < 1.29 is 14.3 Å². The van der Waals surface area contributed by atoms with Gasteiger partial charge in [-0.2, -0.15) is 0 Å². The van der Waals surface area contributed by atoms with Crippen LogP contribution in [-0.2, 0) is 20.7 Å². The van der Waals surface area contributed by atoms with Crippen LogP contribution in [0.3, 0.4) is 0 Å². The smallest absolute Gasteiger partial charge is 0.330 e. The third-order valence-corrected chi connectivity index (χ3v) is 5.30. The van der Waals surface area contributed by atoms with Gasteiger partial charge in [0, 0.05) is 36.0 Å². The molecule has 0 fully saturated rings. The Morgan fingerprint density at radius 2 is 1.27 bits per heavy atom. The molecular weight excluding hydrogens is 385 g/mol. The number of ether oxygens (including phenoxy) is 1. The van der Waals surface area contributed by atoms with Crippen molar-refractivity contribution in [2.24, 2.45) is 5.73 Å². The van der Waals surface area contributed by atoms with Crippen LogP contribution in [0.25, 0.3) is 0 Å². The van der Waals surface area contributed by atoms with Gasteiger partial charge >= 0.3 is 11.9 Å². The van der Waals surface area contributed by atoms with E-state index in [2.05, 4.69) is 6.92 Å². The summed E-state index contributed by atoms with van der Waals surface area (Å²) in [7, 11) is 0. The molecule has 4 nitrogen and oxygen atoms in total. The van der Waals surface area contributed by atoms with Gasteiger partial charge in [-0.3, -0.25) is 4.79 Å². The average molecular weight is 427 g/mol. The molecular formula is C25H41NNaO3. The predicted molar refractivity (Wildman–Crippen MR) is 125 cm³/mol. The SMILES string of the molecule is CCCCCCCCCCCCCCCC(=O)OC(=O)[C@@H](N)Cc1ccccc1.[Na]. The molecule has 1 radical (unpaired) electrons. The fraction of sp³-hybridized carbons (Fsp3) is 0.680. The van der Waals surface area contributed by atoms with Crippen molar-refractivity contribution in [2.75, 3.05) is 0 Å². The molecule has 0 aliphatic heterocycles. The van der Waals surface area contributed by atoms with Crippen molar-refractivity contribution in [3.05, 3.63) is 35.9 Å². The average Bonchev–Trinajstić information content (AvgIpc) is 2.72. The van der Waals surface area contributed by atoms with E-state index in [1.807, 2.05) is 30.3 Å². The third-order valence-electron chi connectivity index (χ3n) is 5.30. The maximum absolute atomic E-state index is 11.9. The molecule has 30 heavy (non-hydrogen) atoms. The third kappa shape index (κ3) is 16.1. The van der Waals surface area contributed by atoms with Gasteiger partial charge in [0.15, 0.2) is 0 Å². The topological polar surface area (TPSA) is 69.4 Å². The number of hydrogen-bond acceptors (Lipinski definition) is 4. The Kier molecular flexibility index (Phi) is 19.8. The minimum absolute atomic E-state index is 0. The van der Waals surface area contributed by atoms with E-state index in [-0.39, 0.29) is 29.6 Å². The van der Waals surface area contributed by atoms with Crippen LogP contribution in [0.15, 0.2) is 30.3 Å². The van der Waals surface area contributed by atoms with Crippen LogP contribution in [0, 0.1) is 0 Å². The summed E-state index contributed by atoms with van der Waals surface area (Å²) in [5.41, 5.74) is 6.80. The molecule has 0 amide bonds. The van der Waals surface area contributed by atoms with E-state index in [0.717, 1.165) is 24.8 Å². The number of unbranched alkanes of at least 4 members (excludes halogenated alkanes) is 12. The molecule has 0 heterocycles. The molecule has 0 bridgehead atoms. The van der Waals surface area contributed by atoms with Gasteiger partial charge in [0.2, 0.25) is 0 Å². The van der Waals surface area contributed by atoms with Crippen LogP contribution >= 0.6 is 0 Å². The van der Waals surface area contributed by atoms with E-state index in [4.69, 9.17) is 10.5 Å². The Morgan fingerprint density at radius 3 is 1.77 bits per heavy atom. The first-order chi connectivity index (χ1) is 14.1. The van der Waals surface area contributed by atoms with Crippen molar-refractivity contribution in [3.63, 3.8) is 0 Å². The number of hydrogen-bond donors (Lipinski definition) is 1.